The van der Waals surface area contributed by atoms with Gasteiger partial charge in [-0.15, -0.1) is 11.3 Å². The van der Waals surface area contributed by atoms with Crippen LogP contribution in [-0.4, -0.2) is 15.3 Å². The van der Waals surface area contributed by atoms with Crippen molar-refractivity contribution in [2.45, 2.75) is 34.6 Å². The Morgan fingerprint density at radius 1 is 1.37 bits per heavy atom. The Hall–Kier alpha value is -1.69. The minimum Gasteiger partial charge on any atom is -0.320 e. The third-order valence-electron chi connectivity index (χ3n) is 2.84. The van der Waals surface area contributed by atoms with E-state index in [2.05, 4.69) is 10.3 Å². The quantitative estimate of drug-likeness (QED) is 0.871. The largest absolute Gasteiger partial charge is 0.320 e. The lowest BCUT2D eigenvalue weighted by molar-refractivity contribution is -0.123. The lowest BCUT2D eigenvalue weighted by Gasteiger charge is -2.18. The number of nitrogens with zero attached hydrogens (tertiary/aromatic N) is 2. The van der Waals surface area contributed by atoms with Crippen LogP contribution in [0.3, 0.4) is 0 Å². The number of aryl methyl sites for hydroxylation is 2. The molecule has 0 saturated carbocycles. The van der Waals surface area contributed by atoms with E-state index in [1.54, 1.807) is 27.7 Å². The number of hydrogen-bond donors (Lipinski definition) is 1. The Morgan fingerprint density at radius 2 is 2.00 bits per heavy atom. The molecule has 0 atom stereocenters. The van der Waals surface area contributed by atoms with Gasteiger partial charge in [-0.2, -0.15) is 0 Å². The number of thiazole rings is 1. The average Bonchev–Trinajstić information content (AvgIpc) is 2.64. The summed E-state index contributed by atoms with van der Waals surface area (Å²) >= 11 is 1.41. The molecule has 0 fully saturated rings. The van der Waals surface area contributed by atoms with Crippen molar-refractivity contribution < 1.29 is 4.79 Å². The number of anilines is 1. The summed E-state index contributed by atoms with van der Waals surface area (Å²) in [6.45, 7) is 8.98. The van der Waals surface area contributed by atoms with Gasteiger partial charge in [0.15, 0.2) is 4.96 Å². The maximum Gasteiger partial charge on any atom is 0.282 e. The van der Waals surface area contributed by atoms with Crippen molar-refractivity contribution in [2.75, 3.05) is 5.32 Å². The number of nitrogens with one attached hydrogen (secondary N) is 1. The maximum atomic E-state index is 12.4. The standard InChI is InChI=1S/C13H17N3O2S/c1-7-6-19-12-14-8(2)9(10(17)16(7)12)15-11(18)13(3,4)5/h6H,1-5H3,(H,15,18). The van der Waals surface area contributed by atoms with Crippen LogP contribution in [0.25, 0.3) is 4.96 Å². The Labute approximate surface area is 115 Å². The van der Waals surface area contributed by atoms with Crippen molar-refractivity contribution in [3.8, 4) is 0 Å². The molecule has 2 heterocycles. The summed E-state index contributed by atoms with van der Waals surface area (Å²) in [5.74, 6) is -0.192. The Morgan fingerprint density at radius 3 is 2.58 bits per heavy atom. The van der Waals surface area contributed by atoms with E-state index in [4.69, 9.17) is 0 Å². The Bertz CT molecular complexity index is 707. The van der Waals surface area contributed by atoms with Crippen molar-refractivity contribution >= 4 is 27.9 Å². The van der Waals surface area contributed by atoms with Crippen molar-refractivity contribution in [2.24, 2.45) is 5.41 Å². The van der Waals surface area contributed by atoms with Gasteiger partial charge in [-0.1, -0.05) is 20.8 Å². The summed E-state index contributed by atoms with van der Waals surface area (Å²) in [5, 5.41) is 4.57. The van der Waals surface area contributed by atoms with Crippen molar-refractivity contribution in [1.29, 1.82) is 0 Å². The molecule has 5 nitrogen and oxygen atoms in total. The van der Waals surface area contributed by atoms with Crippen LogP contribution in [-0.2, 0) is 4.79 Å². The van der Waals surface area contributed by atoms with Crippen molar-refractivity contribution in [3.05, 3.63) is 27.1 Å². The van der Waals surface area contributed by atoms with Crippen LogP contribution >= 0.6 is 11.3 Å². The van der Waals surface area contributed by atoms with Gasteiger partial charge in [-0.3, -0.25) is 14.0 Å². The monoisotopic (exact) mass is 279 g/mol. The molecule has 0 aromatic carbocycles. The molecule has 6 heteroatoms. The molecule has 1 N–H and O–H groups in total. The van der Waals surface area contributed by atoms with Gasteiger partial charge < -0.3 is 5.32 Å². The number of amides is 1. The van der Waals surface area contributed by atoms with Gasteiger partial charge in [0.2, 0.25) is 5.91 Å². The van der Waals surface area contributed by atoms with Gasteiger partial charge in [-0.25, -0.2) is 4.98 Å². The number of carbonyl (C=O) groups excluding carboxylic acids is 1. The zero-order valence-electron chi connectivity index (χ0n) is 11.7. The van der Waals surface area contributed by atoms with Gasteiger partial charge in [0.25, 0.3) is 5.56 Å². The molecular formula is C13H17N3O2S. The summed E-state index contributed by atoms with van der Waals surface area (Å²) < 4.78 is 1.52. The van der Waals surface area contributed by atoms with E-state index in [9.17, 15) is 9.59 Å². The lowest BCUT2D eigenvalue weighted by atomic mass is 9.95. The first kappa shape index (κ1) is 13.7. The fraction of sp³-hybridized carbons (Fsp3) is 0.462. The van der Waals surface area contributed by atoms with Crippen molar-refractivity contribution in [3.63, 3.8) is 0 Å². The molecule has 19 heavy (non-hydrogen) atoms. The average molecular weight is 279 g/mol. The summed E-state index contributed by atoms with van der Waals surface area (Å²) in [4.78, 5) is 29.4. The van der Waals surface area contributed by atoms with Gasteiger partial charge in [0.05, 0.1) is 5.69 Å². The number of rotatable bonds is 1. The number of carbonyl (C=O) groups is 1. The van der Waals surface area contributed by atoms with Gasteiger partial charge in [0.1, 0.15) is 5.69 Å². The lowest BCUT2D eigenvalue weighted by Crippen LogP contribution is -2.32. The smallest absolute Gasteiger partial charge is 0.282 e. The van der Waals surface area contributed by atoms with E-state index in [0.717, 1.165) is 5.69 Å². The highest BCUT2D eigenvalue weighted by atomic mass is 32.1. The Balaban J connectivity index is 2.58. The van der Waals surface area contributed by atoms with Crippen LogP contribution in [0.2, 0.25) is 0 Å². The highest BCUT2D eigenvalue weighted by molar-refractivity contribution is 7.15. The highest BCUT2D eigenvalue weighted by Gasteiger charge is 2.24. The molecule has 1 amide bonds. The topological polar surface area (TPSA) is 63.5 Å². The number of hydrogen-bond acceptors (Lipinski definition) is 4. The molecule has 2 rings (SSSR count). The fourth-order valence-corrected chi connectivity index (χ4v) is 2.53. The van der Waals surface area contributed by atoms with Crippen LogP contribution in [0.1, 0.15) is 32.2 Å². The second-order valence-corrected chi connectivity index (χ2v) is 6.41. The summed E-state index contributed by atoms with van der Waals surface area (Å²) in [5.41, 5.74) is 0.855. The maximum absolute atomic E-state index is 12.4. The third-order valence-corrected chi connectivity index (χ3v) is 3.78. The fourth-order valence-electron chi connectivity index (χ4n) is 1.63. The number of fused-ring (bicyclic) bond motifs is 1. The van der Waals surface area contributed by atoms with Crippen molar-refractivity contribution in [1.82, 2.24) is 9.38 Å². The minimum absolute atomic E-state index is 0.192. The summed E-state index contributed by atoms with van der Waals surface area (Å²) in [7, 11) is 0. The molecule has 0 aliphatic carbocycles. The molecule has 0 radical (unpaired) electrons. The van der Waals surface area contributed by atoms with Crippen LogP contribution in [0.5, 0.6) is 0 Å². The summed E-state index contributed by atoms with van der Waals surface area (Å²) in [6.07, 6.45) is 0. The number of aromatic nitrogens is 2. The first-order chi connectivity index (χ1) is 8.71. The van der Waals surface area contributed by atoms with Crippen LogP contribution in [0.4, 0.5) is 5.69 Å². The molecule has 0 spiro atoms. The normalized spacial score (nSPS) is 11.8. The van der Waals surface area contributed by atoms with Gasteiger partial charge in [-0.05, 0) is 13.8 Å². The molecule has 0 aliphatic rings. The molecule has 0 bridgehead atoms. The molecule has 2 aromatic rings. The minimum atomic E-state index is -0.553. The molecule has 2 aromatic heterocycles. The zero-order valence-corrected chi connectivity index (χ0v) is 12.5. The van der Waals surface area contributed by atoms with E-state index in [-0.39, 0.29) is 17.2 Å². The van der Waals surface area contributed by atoms with Crippen LogP contribution < -0.4 is 10.9 Å². The van der Waals surface area contributed by atoms with E-state index in [0.29, 0.717) is 10.7 Å². The molecular weight excluding hydrogens is 262 g/mol. The predicted molar refractivity (Wildman–Crippen MR) is 76.9 cm³/mol. The van der Waals surface area contributed by atoms with E-state index >= 15 is 0 Å². The second kappa shape index (κ2) is 4.45. The van der Waals surface area contributed by atoms with E-state index in [1.807, 2.05) is 12.3 Å². The molecule has 0 saturated heterocycles. The third kappa shape index (κ3) is 2.40. The Kier molecular flexibility index (Phi) is 3.22. The van der Waals surface area contributed by atoms with Gasteiger partial charge in [0, 0.05) is 16.5 Å². The zero-order chi connectivity index (χ0) is 14.4. The van der Waals surface area contributed by atoms with Crippen LogP contribution in [0, 0.1) is 19.3 Å². The van der Waals surface area contributed by atoms with E-state index < -0.39 is 5.41 Å². The molecule has 0 aliphatic heterocycles. The predicted octanol–water partition coefficient (Wildman–Crippen LogP) is 2.36. The van der Waals surface area contributed by atoms with Gasteiger partial charge >= 0.3 is 0 Å². The second-order valence-electron chi connectivity index (χ2n) is 5.58. The van der Waals surface area contributed by atoms with E-state index in [1.165, 1.54) is 15.7 Å². The highest BCUT2D eigenvalue weighted by Crippen LogP contribution is 2.19. The molecule has 0 unspecified atom stereocenters. The first-order valence-corrected chi connectivity index (χ1v) is 6.88. The first-order valence-electron chi connectivity index (χ1n) is 6.00. The van der Waals surface area contributed by atoms with Crippen LogP contribution in [0.15, 0.2) is 10.2 Å². The molecule has 102 valence electrons. The summed E-state index contributed by atoms with van der Waals surface area (Å²) in [6, 6.07) is 0. The SMILES string of the molecule is Cc1nc2scc(C)n2c(=O)c1NC(=O)C(C)(C)C.